The van der Waals surface area contributed by atoms with Crippen LogP contribution in [0.2, 0.25) is 0 Å². The van der Waals surface area contributed by atoms with Crippen LogP contribution in [0.5, 0.6) is 0 Å². The first kappa shape index (κ1) is 15.3. The Hall–Kier alpha value is -3.25. The Bertz CT molecular complexity index is 1040. The van der Waals surface area contributed by atoms with Crippen molar-refractivity contribution < 1.29 is 9.21 Å². The first-order valence-corrected chi connectivity index (χ1v) is 8.50. The SMILES string of the molecule is O=C(NN=Cc1ccco1)c1cc(-c2cccs2)nc2ccccc12. The molecule has 3 aromatic heterocycles. The summed E-state index contributed by atoms with van der Waals surface area (Å²) in [7, 11) is 0. The van der Waals surface area contributed by atoms with Crippen LogP contribution in [0.1, 0.15) is 16.1 Å². The van der Waals surface area contributed by atoms with Gasteiger partial charge in [0, 0.05) is 5.39 Å². The molecule has 6 heteroatoms. The molecule has 1 N–H and O–H groups in total. The van der Waals surface area contributed by atoms with Gasteiger partial charge >= 0.3 is 0 Å². The molecule has 122 valence electrons. The molecule has 0 unspecified atom stereocenters. The van der Waals surface area contributed by atoms with Crippen LogP contribution < -0.4 is 5.43 Å². The fourth-order valence-electron chi connectivity index (χ4n) is 2.49. The molecule has 0 spiro atoms. The molecule has 0 saturated carbocycles. The number of amides is 1. The monoisotopic (exact) mass is 347 g/mol. The number of carbonyl (C=O) groups is 1. The molecule has 0 aliphatic carbocycles. The number of hydrogen-bond acceptors (Lipinski definition) is 5. The van der Waals surface area contributed by atoms with Crippen molar-refractivity contribution in [1.82, 2.24) is 10.4 Å². The highest BCUT2D eigenvalue weighted by Gasteiger charge is 2.13. The lowest BCUT2D eigenvalue weighted by Gasteiger charge is -2.07. The summed E-state index contributed by atoms with van der Waals surface area (Å²) in [4.78, 5) is 18.3. The number of para-hydroxylation sites is 1. The summed E-state index contributed by atoms with van der Waals surface area (Å²) in [5.41, 5.74) is 4.62. The molecule has 4 aromatic rings. The molecular formula is C19H13N3O2S. The Kier molecular flexibility index (Phi) is 4.10. The van der Waals surface area contributed by atoms with Crippen LogP contribution in [0.4, 0.5) is 0 Å². The molecule has 1 aromatic carbocycles. The average Bonchev–Trinajstić information content (AvgIpc) is 3.34. The highest BCUT2D eigenvalue weighted by atomic mass is 32.1. The van der Waals surface area contributed by atoms with Gasteiger partial charge in [-0.1, -0.05) is 24.3 Å². The molecule has 25 heavy (non-hydrogen) atoms. The van der Waals surface area contributed by atoms with Crippen molar-refractivity contribution >= 4 is 34.4 Å². The summed E-state index contributed by atoms with van der Waals surface area (Å²) in [6.07, 6.45) is 3.01. The molecule has 0 aliphatic heterocycles. The summed E-state index contributed by atoms with van der Waals surface area (Å²) < 4.78 is 5.15. The standard InChI is InChI=1S/C19H13N3O2S/c23-19(22-20-12-13-5-3-9-24-13)15-11-17(18-8-4-10-25-18)21-16-7-2-1-6-14(15)16/h1-12H,(H,22,23). The largest absolute Gasteiger partial charge is 0.463 e. The van der Waals surface area contributed by atoms with E-state index in [-0.39, 0.29) is 5.91 Å². The van der Waals surface area contributed by atoms with E-state index < -0.39 is 0 Å². The minimum Gasteiger partial charge on any atom is -0.463 e. The first-order chi connectivity index (χ1) is 12.3. The number of nitrogens with one attached hydrogen (secondary N) is 1. The van der Waals surface area contributed by atoms with Gasteiger partial charge in [0.05, 0.1) is 34.1 Å². The maximum Gasteiger partial charge on any atom is 0.272 e. The van der Waals surface area contributed by atoms with Gasteiger partial charge in [-0.3, -0.25) is 4.79 Å². The topological polar surface area (TPSA) is 67.5 Å². The Morgan fingerprint density at radius 2 is 2.08 bits per heavy atom. The van der Waals surface area contributed by atoms with E-state index in [1.807, 2.05) is 41.8 Å². The molecule has 5 nitrogen and oxygen atoms in total. The quantitative estimate of drug-likeness (QED) is 0.441. The zero-order valence-corrected chi connectivity index (χ0v) is 13.9. The Labute approximate surface area is 147 Å². The summed E-state index contributed by atoms with van der Waals surface area (Å²) in [5, 5.41) is 6.72. The second-order valence-electron chi connectivity index (χ2n) is 5.26. The second kappa shape index (κ2) is 6.70. The Morgan fingerprint density at radius 3 is 2.88 bits per heavy atom. The van der Waals surface area contributed by atoms with Crippen molar-refractivity contribution in [3.8, 4) is 10.6 Å². The van der Waals surface area contributed by atoms with Crippen molar-refractivity contribution in [3.63, 3.8) is 0 Å². The van der Waals surface area contributed by atoms with E-state index in [0.29, 0.717) is 11.3 Å². The van der Waals surface area contributed by atoms with Gasteiger partial charge in [-0.05, 0) is 35.7 Å². The summed E-state index contributed by atoms with van der Waals surface area (Å²) >= 11 is 1.58. The summed E-state index contributed by atoms with van der Waals surface area (Å²) in [6, 6.07) is 16.8. The third-order valence-electron chi connectivity index (χ3n) is 3.64. The Morgan fingerprint density at radius 1 is 1.16 bits per heavy atom. The molecule has 0 fully saturated rings. The van der Waals surface area contributed by atoms with Gasteiger partial charge in [-0.25, -0.2) is 10.4 Å². The number of hydrazone groups is 1. The number of benzene rings is 1. The third-order valence-corrected chi connectivity index (χ3v) is 4.53. The number of rotatable bonds is 4. The maximum absolute atomic E-state index is 12.6. The molecule has 0 bridgehead atoms. The first-order valence-electron chi connectivity index (χ1n) is 7.62. The normalized spacial score (nSPS) is 11.2. The van der Waals surface area contributed by atoms with Crippen molar-refractivity contribution in [1.29, 1.82) is 0 Å². The van der Waals surface area contributed by atoms with Crippen LogP contribution >= 0.6 is 11.3 Å². The number of fused-ring (bicyclic) bond motifs is 1. The number of pyridine rings is 1. The van der Waals surface area contributed by atoms with Crippen LogP contribution in [-0.2, 0) is 0 Å². The molecule has 1 amide bonds. The van der Waals surface area contributed by atoms with E-state index in [1.165, 1.54) is 6.21 Å². The fourth-order valence-corrected chi connectivity index (χ4v) is 3.18. The number of aromatic nitrogens is 1. The number of thiophene rings is 1. The zero-order chi connectivity index (χ0) is 17.1. The van der Waals surface area contributed by atoms with Gasteiger partial charge in [-0.2, -0.15) is 5.10 Å². The van der Waals surface area contributed by atoms with Gasteiger partial charge < -0.3 is 4.42 Å². The molecule has 0 aliphatic rings. The Balaban J connectivity index is 1.70. The molecule has 0 radical (unpaired) electrons. The van der Waals surface area contributed by atoms with E-state index in [4.69, 9.17) is 4.42 Å². The maximum atomic E-state index is 12.6. The van der Waals surface area contributed by atoms with Crippen molar-refractivity contribution in [2.45, 2.75) is 0 Å². The molecular weight excluding hydrogens is 334 g/mol. The predicted molar refractivity (Wildman–Crippen MR) is 98.8 cm³/mol. The average molecular weight is 347 g/mol. The fraction of sp³-hybridized carbons (Fsp3) is 0. The van der Waals surface area contributed by atoms with Crippen LogP contribution in [0.25, 0.3) is 21.5 Å². The van der Waals surface area contributed by atoms with Gasteiger partial charge in [0.15, 0.2) is 0 Å². The molecule has 4 rings (SSSR count). The van der Waals surface area contributed by atoms with Gasteiger partial charge in [0.2, 0.25) is 0 Å². The summed E-state index contributed by atoms with van der Waals surface area (Å²) in [6.45, 7) is 0. The predicted octanol–water partition coefficient (Wildman–Crippen LogP) is 4.32. The van der Waals surface area contributed by atoms with Crippen LogP contribution in [0.15, 0.2) is 75.8 Å². The number of carbonyl (C=O) groups excluding carboxylic acids is 1. The lowest BCUT2D eigenvalue weighted by atomic mass is 10.1. The van der Waals surface area contributed by atoms with Gasteiger partial charge in [-0.15, -0.1) is 11.3 Å². The lowest BCUT2D eigenvalue weighted by Crippen LogP contribution is -2.18. The number of hydrogen-bond donors (Lipinski definition) is 1. The third kappa shape index (κ3) is 3.20. The lowest BCUT2D eigenvalue weighted by molar-refractivity contribution is 0.0956. The number of nitrogens with zero attached hydrogens (tertiary/aromatic N) is 2. The van der Waals surface area contributed by atoms with Crippen LogP contribution in [-0.4, -0.2) is 17.1 Å². The van der Waals surface area contributed by atoms with Gasteiger partial charge in [0.1, 0.15) is 5.76 Å². The summed E-state index contributed by atoms with van der Waals surface area (Å²) in [5.74, 6) is 0.276. The zero-order valence-electron chi connectivity index (χ0n) is 13.0. The van der Waals surface area contributed by atoms with E-state index in [0.717, 1.165) is 21.5 Å². The highest BCUT2D eigenvalue weighted by molar-refractivity contribution is 7.13. The minimum atomic E-state index is -0.292. The van der Waals surface area contributed by atoms with Crippen molar-refractivity contribution in [3.05, 3.63) is 77.6 Å². The highest BCUT2D eigenvalue weighted by Crippen LogP contribution is 2.27. The molecule has 3 heterocycles. The van der Waals surface area contributed by atoms with Crippen molar-refractivity contribution in [2.75, 3.05) is 0 Å². The van der Waals surface area contributed by atoms with E-state index in [1.54, 1.807) is 35.8 Å². The molecule has 0 saturated heterocycles. The van der Waals surface area contributed by atoms with Gasteiger partial charge in [0.25, 0.3) is 5.91 Å². The molecule has 0 atom stereocenters. The van der Waals surface area contributed by atoms with Crippen LogP contribution in [0, 0.1) is 0 Å². The van der Waals surface area contributed by atoms with E-state index in [9.17, 15) is 4.79 Å². The smallest absolute Gasteiger partial charge is 0.272 e. The van der Waals surface area contributed by atoms with E-state index in [2.05, 4.69) is 15.5 Å². The minimum absolute atomic E-state index is 0.292. The number of furan rings is 1. The second-order valence-corrected chi connectivity index (χ2v) is 6.21. The van der Waals surface area contributed by atoms with Crippen LogP contribution in [0.3, 0.4) is 0 Å². The van der Waals surface area contributed by atoms with Crippen molar-refractivity contribution in [2.24, 2.45) is 5.10 Å². The van der Waals surface area contributed by atoms with E-state index >= 15 is 0 Å².